The van der Waals surface area contributed by atoms with Crippen LogP contribution in [0.1, 0.15) is 18.1 Å². The smallest absolute Gasteiger partial charge is 0.261 e. The highest BCUT2D eigenvalue weighted by Gasteiger charge is 2.30. The number of nitrogens with zero attached hydrogens (tertiary/aromatic N) is 1. The van der Waals surface area contributed by atoms with Crippen molar-refractivity contribution in [2.45, 2.75) is 25.9 Å². The number of methoxy groups -OCH3 is 1. The topological polar surface area (TPSA) is 67.9 Å². The van der Waals surface area contributed by atoms with Gasteiger partial charge in [0.1, 0.15) is 17.5 Å². The van der Waals surface area contributed by atoms with Gasteiger partial charge in [0.15, 0.2) is 6.61 Å². The molecule has 0 unspecified atom stereocenters. The predicted octanol–water partition coefficient (Wildman–Crippen LogP) is 4.50. The molecule has 0 radical (unpaired) electrons. The molecule has 3 rings (SSSR count). The summed E-state index contributed by atoms with van der Waals surface area (Å²) in [5.74, 6) is 0.733. The van der Waals surface area contributed by atoms with E-state index in [1.165, 1.54) is 0 Å². The van der Waals surface area contributed by atoms with Crippen LogP contribution in [0.5, 0.6) is 11.5 Å². The maximum atomic E-state index is 13.4. The molecule has 0 aromatic heterocycles. The molecule has 1 atom stereocenters. The van der Waals surface area contributed by atoms with Crippen LogP contribution in [0.4, 0.5) is 0 Å². The van der Waals surface area contributed by atoms with Crippen LogP contribution < -0.4 is 14.8 Å². The average molecular weight is 481 g/mol. The van der Waals surface area contributed by atoms with Crippen LogP contribution in [0.15, 0.2) is 78.9 Å². The van der Waals surface area contributed by atoms with Gasteiger partial charge in [-0.1, -0.05) is 54.1 Å². The molecule has 0 spiro atoms. The van der Waals surface area contributed by atoms with E-state index < -0.39 is 6.04 Å². The molecule has 0 bridgehead atoms. The highest BCUT2D eigenvalue weighted by atomic mass is 35.5. The van der Waals surface area contributed by atoms with Crippen molar-refractivity contribution < 1.29 is 19.1 Å². The summed E-state index contributed by atoms with van der Waals surface area (Å²) in [7, 11) is 1.59. The number of nitrogens with one attached hydrogen (secondary N) is 1. The molecule has 3 aromatic rings. The van der Waals surface area contributed by atoms with Crippen LogP contribution in [0.25, 0.3) is 0 Å². The Labute approximate surface area is 205 Å². The average Bonchev–Trinajstić information content (AvgIpc) is 2.87. The number of benzene rings is 3. The first-order valence-corrected chi connectivity index (χ1v) is 11.5. The minimum Gasteiger partial charge on any atom is -0.497 e. The van der Waals surface area contributed by atoms with Gasteiger partial charge in [-0.3, -0.25) is 9.59 Å². The summed E-state index contributed by atoms with van der Waals surface area (Å²) >= 11 is 6.04. The van der Waals surface area contributed by atoms with Crippen molar-refractivity contribution in [3.05, 3.63) is 95.0 Å². The molecule has 0 aliphatic heterocycles. The fraction of sp³-hybridized carbons (Fsp3) is 0.259. The molecule has 6 nitrogen and oxygen atoms in total. The van der Waals surface area contributed by atoms with E-state index >= 15 is 0 Å². The largest absolute Gasteiger partial charge is 0.497 e. The Morgan fingerprint density at radius 3 is 2.18 bits per heavy atom. The summed E-state index contributed by atoms with van der Waals surface area (Å²) in [4.78, 5) is 28.1. The van der Waals surface area contributed by atoms with Crippen LogP contribution in [0.3, 0.4) is 0 Å². The number of ether oxygens (including phenoxy) is 2. The molecule has 0 saturated carbocycles. The van der Waals surface area contributed by atoms with Crippen molar-refractivity contribution in [3.8, 4) is 11.5 Å². The molecular weight excluding hydrogens is 452 g/mol. The number of hydrogen-bond acceptors (Lipinski definition) is 4. The van der Waals surface area contributed by atoms with Crippen molar-refractivity contribution in [2.75, 3.05) is 20.3 Å². The van der Waals surface area contributed by atoms with Gasteiger partial charge in [0, 0.05) is 24.5 Å². The third kappa shape index (κ3) is 7.25. The number of hydrogen-bond donors (Lipinski definition) is 1. The van der Waals surface area contributed by atoms with E-state index in [-0.39, 0.29) is 25.0 Å². The first-order valence-electron chi connectivity index (χ1n) is 11.1. The summed E-state index contributed by atoms with van der Waals surface area (Å²) in [6, 6.07) is 23.2. The quantitative estimate of drug-likeness (QED) is 0.438. The Bertz CT molecular complexity index is 1060. The second-order valence-corrected chi connectivity index (χ2v) is 8.15. The Morgan fingerprint density at radius 2 is 1.56 bits per heavy atom. The lowest BCUT2D eigenvalue weighted by molar-refractivity contribution is -0.142. The minimum absolute atomic E-state index is 0.204. The molecule has 1 N–H and O–H groups in total. The van der Waals surface area contributed by atoms with Crippen LogP contribution >= 0.6 is 11.6 Å². The SMILES string of the molecule is CCNC(=O)[C@@H](Cc1ccccc1)N(Cc1ccc(Cl)cc1)C(=O)COc1ccc(OC)cc1. The molecule has 2 amide bonds. The molecule has 34 heavy (non-hydrogen) atoms. The Morgan fingerprint density at radius 1 is 0.912 bits per heavy atom. The van der Waals surface area contributed by atoms with Gasteiger partial charge in [0.05, 0.1) is 7.11 Å². The van der Waals surface area contributed by atoms with E-state index in [0.717, 1.165) is 11.1 Å². The molecule has 7 heteroatoms. The summed E-state index contributed by atoms with van der Waals surface area (Å²) in [6.45, 7) is 2.37. The number of rotatable bonds is 11. The second kappa shape index (κ2) is 12.7. The molecule has 0 aliphatic carbocycles. The van der Waals surface area contributed by atoms with Gasteiger partial charge < -0.3 is 19.7 Å². The summed E-state index contributed by atoms with van der Waals surface area (Å²) in [6.07, 6.45) is 0.383. The van der Waals surface area contributed by atoms with Gasteiger partial charge in [-0.2, -0.15) is 0 Å². The van der Waals surface area contributed by atoms with Crippen LogP contribution in [-0.4, -0.2) is 43.0 Å². The lowest BCUT2D eigenvalue weighted by Crippen LogP contribution is -2.51. The molecule has 3 aromatic carbocycles. The van der Waals surface area contributed by atoms with E-state index in [9.17, 15) is 9.59 Å². The minimum atomic E-state index is -0.704. The number of carbonyl (C=O) groups excluding carboxylic acids is 2. The molecule has 0 aliphatic rings. The molecule has 0 heterocycles. The number of amides is 2. The van der Waals surface area contributed by atoms with Crippen LogP contribution in [0.2, 0.25) is 5.02 Å². The normalized spacial score (nSPS) is 11.4. The first-order chi connectivity index (χ1) is 16.5. The van der Waals surface area contributed by atoms with E-state index in [1.807, 2.05) is 49.4 Å². The highest BCUT2D eigenvalue weighted by Crippen LogP contribution is 2.19. The number of halogens is 1. The number of likely N-dealkylation sites (N-methyl/N-ethyl adjacent to an activating group) is 1. The fourth-order valence-electron chi connectivity index (χ4n) is 3.53. The molecule has 0 saturated heterocycles. The van der Waals surface area contributed by atoms with Gasteiger partial charge in [-0.15, -0.1) is 0 Å². The van der Waals surface area contributed by atoms with Gasteiger partial charge in [-0.25, -0.2) is 0 Å². The zero-order valence-electron chi connectivity index (χ0n) is 19.4. The van der Waals surface area contributed by atoms with Crippen molar-refractivity contribution in [1.82, 2.24) is 10.2 Å². The highest BCUT2D eigenvalue weighted by molar-refractivity contribution is 6.30. The van der Waals surface area contributed by atoms with Crippen molar-refractivity contribution >= 4 is 23.4 Å². The lowest BCUT2D eigenvalue weighted by atomic mass is 10.0. The standard InChI is InChI=1S/C27H29ClN2O4/c1-3-29-27(32)25(17-20-7-5-4-6-8-20)30(18-21-9-11-22(28)12-10-21)26(31)19-34-24-15-13-23(33-2)14-16-24/h4-16,25H,3,17-19H2,1-2H3,(H,29,32)/t25-/m1/s1. The first kappa shape index (κ1) is 25.1. The zero-order valence-corrected chi connectivity index (χ0v) is 20.1. The maximum Gasteiger partial charge on any atom is 0.261 e. The lowest BCUT2D eigenvalue weighted by Gasteiger charge is -2.31. The summed E-state index contributed by atoms with van der Waals surface area (Å²) in [5.41, 5.74) is 1.83. The predicted molar refractivity (Wildman–Crippen MR) is 133 cm³/mol. The maximum absolute atomic E-state index is 13.4. The van der Waals surface area contributed by atoms with Gasteiger partial charge in [-0.05, 0) is 54.4 Å². The second-order valence-electron chi connectivity index (χ2n) is 7.71. The van der Waals surface area contributed by atoms with Crippen LogP contribution in [0, 0.1) is 0 Å². The van der Waals surface area contributed by atoms with Crippen molar-refractivity contribution in [1.29, 1.82) is 0 Å². The van der Waals surface area contributed by atoms with E-state index in [4.69, 9.17) is 21.1 Å². The van der Waals surface area contributed by atoms with Crippen molar-refractivity contribution in [3.63, 3.8) is 0 Å². The third-order valence-corrected chi connectivity index (χ3v) is 5.56. The monoisotopic (exact) mass is 480 g/mol. The van der Waals surface area contributed by atoms with E-state index in [1.54, 1.807) is 48.4 Å². The molecule has 0 fully saturated rings. The van der Waals surface area contributed by atoms with E-state index in [2.05, 4.69) is 5.32 Å². The fourth-order valence-corrected chi connectivity index (χ4v) is 3.66. The summed E-state index contributed by atoms with van der Waals surface area (Å²) < 4.78 is 10.9. The Kier molecular flexibility index (Phi) is 9.35. The Hall–Kier alpha value is -3.51. The van der Waals surface area contributed by atoms with Crippen LogP contribution in [-0.2, 0) is 22.6 Å². The summed E-state index contributed by atoms with van der Waals surface area (Å²) in [5, 5.41) is 3.48. The number of carbonyl (C=O) groups is 2. The molecular formula is C27H29ClN2O4. The van der Waals surface area contributed by atoms with Gasteiger partial charge in [0.2, 0.25) is 5.91 Å². The third-order valence-electron chi connectivity index (χ3n) is 5.31. The zero-order chi connectivity index (χ0) is 24.3. The van der Waals surface area contributed by atoms with Gasteiger partial charge >= 0.3 is 0 Å². The van der Waals surface area contributed by atoms with Gasteiger partial charge in [0.25, 0.3) is 5.91 Å². The van der Waals surface area contributed by atoms with E-state index in [0.29, 0.717) is 29.5 Å². The molecule has 178 valence electrons. The van der Waals surface area contributed by atoms with Crippen molar-refractivity contribution in [2.24, 2.45) is 0 Å². The Balaban J connectivity index is 1.85.